The normalized spacial score (nSPS) is 11.6. The maximum Gasteiger partial charge on any atom is 0.159 e. The summed E-state index contributed by atoms with van der Waals surface area (Å²) in [5, 5.41) is 9.64. The number of fused-ring (bicyclic) bond motifs is 7. The van der Waals surface area contributed by atoms with Crippen LogP contribution in [0.1, 0.15) is 0 Å². The van der Waals surface area contributed by atoms with Crippen LogP contribution in [0.2, 0.25) is 0 Å². The van der Waals surface area contributed by atoms with Gasteiger partial charge in [0.1, 0.15) is 5.58 Å². The zero-order valence-corrected chi connectivity index (χ0v) is 30.6. The first-order valence-corrected chi connectivity index (χ1v) is 19.2. The largest absolute Gasteiger partial charge is 0.454 e. The van der Waals surface area contributed by atoms with Crippen LogP contribution in [0.3, 0.4) is 0 Å². The minimum absolute atomic E-state index is 0.863. The van der Waals surface area contributed by atoms with Crippen LogP contribution in [0, 0.1) is 0 Å². The fourth-order valence-electron chi connectivity index (χ4n) is 8.54. The zero-order valence-electron chi connectivity index (χ0n) is 30.6. The first-order valence-electron chi connectivity index (χ1n) is 19.2. The molecule has 0 fully saturated rings. The van der Waals surface area contributed by atoms with E-state index >= 15 is 0 Å². The first kappa shape index (κ1) is 32.0. The van der Waals surface area contributed by atoms with E-state index in [1.54, 1.807) is 0 Å². The second-order valence-corrected chi connectivity index (χ2v) is 14.5. The van der Waals surface area contributed by atoms with Crippen LogP contribution in [0.4, 0.5) is 17.1 Å². The Labute approximate surface area is 325 Å². The Bertz CT molecular complexity index is 3230. The van der Waals surface area contributed by atoms with Crippen LogP contribution >= 0.6 is 0 Å². The van der Waals surface area contributed by atoms with E-state index in [1.807, 2.05) is 0 Å². The molecule has 2 nitrogen and oxygen atoms in total. The van der Waals surface area contributed by atoms with Crippen molar-refractivity contribution in [1.29, 1.82) is 0 Å². The highest BCUT2D eigenvalue weighted by molar-refractivity contribution is 6.15. The van der Waals surface area contributed by atoms with Crippen LogP contribution in [-0.4, -0.2) is 0 Å². The highest BCUT2D eigenvalue weighted by atomic mass is 16.3. The van der Waals surface area contributed by atoms with Gasteiger partial charge in [-0.3, -0.25) is 0 Å². The van der Waals surface area contributed by atoms with Gasteiger partial charge in [-0.25, -0.2) is 0 Å². The quantitative estimate of drug-likeness (QED) is 0.160. The molecule has 0 aliphatic heterocycles. The van der Waals surface area contributed by atoms with Crippen LogP contribution in [0.25, 0.3) is 87.6 Å². The van der Waals surface area contributed by atoms with Crippen molar-refractivity contribution in [2.75, 3.05) is 4.90 Å². The van der Waals surface area contributed by atoms with Crippen molar-refractivity contribution in [2.24, 2.45) is 0 Å². The van der Waals surface area contributed by atoms with Gasteiger partial charge in [0.25, 0.3) is 0 Å². The Morgan fingerprint density at radius 1 is 0.304 bits per heavy atom. The Morgan fingerprint density at radius 3 is 1.61 bits per heavy atom. The lowest BCUT2D eigenvalue weighted by molar-refractivity contribution is 0.669. The van der Waals surface area contributed by atoms with Crippen molar-refractivity contribution in [3.8, 4) is 33.4 Å². The number of anilines is 3. The number of furan rings is 1. The van der Waals surface area contributed by atoms with Crippen molar-refractivity contribution < 1.29 is 4.42 Å². The molecule has 0 aliphatic carbocycles. The minimum atomic E-state index is 0.863. The van der Waals surface area contributed by atoms with Gasteiger partial charge >= 0.3 is 0 Å². The molecule has 10 aromatic carbocycles. The summed E-state index contributed by atoms with van der Waals surface area (Å²) in [5.74, 6) is 0. The van der Waals surface area contributed by atoms with Crippen LogP contribution in [0.5, 0.6) is 0 Å². The Morgan fingerprint density at radius 2 is 0.857 bits per heavy atom. The Kier molecular flexibility index (Phi) is 7.53. The Hall–Kier alpha value is -7.42. The van der Waals surface area contributed by atoms with Gasteiger partial charge < -0.3 is 9.32 Å². The van der Waals surface area contributed by atoms with Gasteiger partial charge in [0.05, 0.1) is 5.69 Å². The number of hydrogen-bond donors (Lipinski definition) is 0. The van der Waals surface area contributed by atoms with E-state index in [4.69, 9.17) is 4.42 Å². The van der Waals surface area contributed by atoms with E-state index in [0.717, 1.165) is 44.6 Å². The summed E-state index contributed by atoms with van der Waals surface area (Å²) in [5.41, 5.74) is 12.0. The summed E-state index contributed by atoms with van der Waals surface area (Å²) in [6, 6.07) is 76.4. The predicted octanol–water partition coefficient (Wildman–Crippen LogP) is 15.5. The molecule has 0 aliphatic rings. The first-order chi connectivity index (χ1) is 27.8. The molecule has 0 saturated carbocycles. The van der Waals surface area contributed by atoms with E-state index in [9.17, 15) is 0 Å². The second kappa shape index (κ2) is 13.2. The van der Waals surface area contributed by atoms with Gasteiger partial charge in [0.2, 0.25) is 0 Å². The van der Waals surface area contributed by atoms with Crippen molar-refractivity contribution in [3.63, 3.8) is 0 Å². The molecule has 0 amide bonds. The Balaban J connectivity index is 1.06. The summed E-state index contributed by atoms with van der Waals surface area (Å²) in [4.78, 5) is 2.33. The predicted molar refractivity (Wildman–Crippen MR) is 237 cm³/mol. The van der Waals surface area contributed by atoms with E-state index in [2.05, 4.69) is 217 Å². The molecule has 56 heavy (non-hydrogen) atoms. The number of para-hydroxylation sites is 1. The van der Waals surface area contributed by atoms with Gasteiger partial charge in [-0.15, -0.1) is 0 Å². The highest BCUT2D eigenvalue weighted by Crippen LogP contribution is 2.45. The van der Waals surface area contributed by atoms with E-state index in [-0.39, 0.29) is 0 Å². The van der Waals surface area contributed by atoms with Gasteiger partial charge in [-0.2, -0.15) is 0 Å². The van der Waals surface area contributed by atoms with Crippen molar-refractivity contribution in [2.45, 2.75) is 0 Å². The number of nitrogens with zero attached hydrogens (tertiary/aromatic N) is 1. The smallest absolute Gasteiger partial charge is 0.159 e. The summed E-state index contributed by atoms with van der Waals surface area (Å²) in [7, 11) is 0. The summed E-state index contributed by atoms with van der Waals surface area (Å²) >= 11 is 0. The monoisotopic (exact) mass is 713 g/mol. The van der Waals surface area contributed by atoms with Crippen LogP contribution in [-0.2, 0) is 0 Å². The molecule has 0 N–H and O–H groups in total. The van der Waals surface area contributed by atoms with Gasteiger partial charge in [-0.05, 0) is 114 Å². The SMILES string of the molecule is c1ccc(-c2ccc(N(c3ccc(-c4ccccc4-c4cc5ccccc5c5ccccc45)cc3)c3cccc4c3oc3cc5ccccc5cc34)cc2)cc1. The maximum atomic E-state index is 6.79. The van der Waals surface area contributed by atoms with Crippen molar-refractivity contribution in [3.05, 3.63) is 212 Å². The van der Waals surface area contributed by atoms with Crippen molar-refractivity contribution in [1.82, 2.24) is 0 Å². The average molecular weight is 714 g/mol. The van der Waals surface area contributed by atoms with Crippen molar-refractivity contribution >= 4 is 71.3 Å². The summed E-state index contributed by atoms with van der Waals surface area (Å²) < 4.78 is 6.79. The van der Waals surface area contributed by atoms with Crippen LogP contribution in [0.15, 0.2) is 217 Å². The summed E-state index contributed by atoms with van der Waals surface area (Å²) in [6.07, 6.45) is 0. The molecule has 11 rings (SSSR count). The van der Waals surface area contributed by atoms with E-state index in [0.29, 0.717) is 0 Å². The molecule has 0 saturated heterocycles. The van der Waals surface area contributed by atoms with Gasteiger partial charge in [-0.1, -0.05) is 164 Å². The molecule has 0 bridgehead atoms. The highest BCUT2D eigenvalue weighted by Gasteiger charge is 2.21. The fraction of sp³-hybridized carbons (Fsp3) is 0. The molecular weight excluding hydrogens is 679 g/mol. The van der Waals surface area contributed by atoms with Gasteiger partial charge in [0.15, 0.2) is 5.58 Å². The average Bonchev–Trinajstić information content (AvgIpc) is 3.64. The molecule has 0 atom stereocenters. The van der Waals surface area contributed by atoms with E-state index < -0.39 is 0 Å². The third kappa shape index (κ3) is 5.34. The lowest BCUT2D eigenvalue weighted by Crippen LogP contribution is -2.10. The molecule has 2 heteroatoms. The third-order valence-electron chi connectivity index (χ3n) is 11.2. The topological polar surface area (TPSA) is 16.4 Å². The number of rotatable bonds is 6. The third-order valence-corrected chi connectivity index (χ3v) is 11.2. The maximum absolute atomic E-state index is 6.79. The lowest BCUT2D eigenvalue weighted by Gasteiger charge is -2.26. The fourth-order valence-corrected chi connectivity index (χ4v) is 8.54. The van der Waals surface area contributed by atoms with Crippen LogP contribution < -0.4 is 4.90 Å². The molecule has 262 valence electrons. The lowest BCUT2D eigenvalue weighted by atomic mass is 9.89. The van der Waals surface area contributed by atoms with E-state index in [1.165, 1.54) is 60.1 Å². The standard InChI is InChI=1S/C54H35NO/c1-2-13-36(14-3-1)37-25-29-42(30-26-37)55(52-24-12-23-49-51-33-39-15-4-5-16-40(39)35-53(51)56-54(49)52)43-31-27-38(28-32-43)44-18-8-9-21-47(44)50-34-41-17-6-7-19-45(41)46-20-10-11-22-48(46)50/h1-35H. The number of hydrogen-bond acceptors (Lipinski definition) is 2. The zero-order chi connectivity index (χ0) is 37.0. The van der Waals surface area contributed by atoms with Gasteiger partial charge in [0, 0.05) is 22.1 Å². The molecule has 11 aromatic rings. The molecule has 0 radical (unpaired) electrons. The minimum Gasteiger partial charge on any atom is -0.454 e. The molecule has 1 heterocycles. The molecule has 0 unspecified atom stereocenters. The molecule has 1 aromatic heterocycles. The molecular formula is C54H35NO. The number of benzene rings is 10. The molecule has 0 spiro atoms. The second-order valence-electron chi connectivity index (χ2n) is 14.5. The summed E-state index contributed by atoms with van der Waals surface area (Å²) in [6.45, 7) is 0.